The number of carboxylic acids is 3. The van der Waals surface area contributed by atoms with Gasteiger partial charge in [-0.05, 0) is 31.8 Å². The van der Waals surface area contributed by atoms with Crippen LogP contribution in [0.25, 0.3) is 0 Å². The van der Waals surface area contributed by atoms with Gasteiger partial charge >= 0.3 is 17.9 Å². The molecule has 0 rings (SSSR count). The van der Waals surface area contributed by atoms with Crippen LogP contribution in [0.3, 0.4) is 0 Å². The molecule has 0 saturated heterocycles. The van der Waals surface area contributed by atoms with Gasteiger partial charge in [-0.25, -0.2) is 9.59 Å². The number of hydrogen-bond acceptors (Lipinski definition) is 8. The van der Waals surface area contributed by atoms with E-state index >= 15 is 0 Å². The van der Waals surface area contributed by atoms with Crippen molar-refractivity contribution >= 4 is 41.4 Å². The molecule has 7 N–H and O–H groups in total. The predicted molar refractivity (Wildman–Crippen MR) is 173 cm³/mol. The van der Waals surface area contributed by atoms with Crippen molar-refractivity contribution in [2.24, 2.45) is 0 Å². The van der Waals surface area contributed by atoms with Crippen LogP contribution in [-0.2, 0) is 33.6 Å². The number of nitrogens with one attached hydrogen (secondary N) is 3. The fraction of sp³-hybridized carbons (Fsp3) is 0.727. The number of unbranched alkanes of at least 4 members (excludes halogenated alkanes) is 13. The highest BCUT2D eigenvalue weighted by atomic mass is 16.4. The zero-order valence-corrected chi connectivity index (χ0v) is 27.5. The third kappa shape index (κ3) is 24.1. The van der Waals surface area contributed by atoms with Gasteiger partial charge < -0.3 is 36.4 Å². The molecule has 0 heterocycles. The minimum Gasteiger partial charge on any atom is -0.481 e. The first-order chi connectivity index (χ1) is 22.4. The third-order valence-corrected chi connectivity index (χ3v) is 7.69. The number of aliphatic hydroxyl groups is 1. The van der Waals surface area contributed by atoms with Gasteiger partial charge in [0.15, 0.2) is 5.78 Å². The number of amides is 3. The SMILES string of the molecule is C=CC(=O)[C@H](CO)NC(=O)CC[C@H](NC(=O)CC[C@H](NC(=O)CCCCCCCCCCCCCCCCC(=O)O)C(=O)O)C(=O)O. The summed E-state index contributed by atoms with van der Waals surface area (Å²) in [6, 6.07) is -3.98. The van der Waals surface area contributed by atoms with Crippen LogP contribution in [0.5, 0.6) is 0 Å². The second kappa shape index (κ2) is 27.3. The number of carbonyl (C=O) groups excluding carboxylic acids is 4. The number of rotatable bonds is 31. The fourth-order valence-electron chi connectivity index (χ4n) is 4.90. The Hall–Kier alpha value is -3.81. The zero-order chi connectivity index (χ0) is 35.5. The maximum Gasteiger partial charge on any atom is 0.326 e. The molecule has 0 saturated carbocycles. The average molecular weight is 670 g/mol. The van der Waals surface area contributed by atoms with Crippen molar-refractivity contribution < 1.29 is 54.0 Å². The van der Waals surface area contributed by atoms with Crippen LogP contribution in [0.15, 0.2) is 12.7 Å². The molecule has 0 aromatic carbocycles. The van der Waals surface area contributed by atoms with Gasteiger partial charge in [0, 0.05) is 25.7 Å². The summed E-state index contributed by atoms with van der Waals surface area (Å²) in [5.41, 5.74) is 0. The first-order valence-corrected chi connectivity index (χ1v) is 16.7. The van der Waals surface area contributed by atoms with E-state index in [1.165, 1.54) is 32.1 Å². The number of carbonyl (C=O) groups is 7. The van der Waals surface area contributed by atoms with Gasteiger partial charge in [-0.3, -0.25) is 24.0 Å². The van der Waals surface area contributed by atoms with E-state index in [1.54, 1.807) is 0 Å². The molecule has 0 aromatic heterocycles. The summed E-state index contributed by atoms with van der Waals surface area (Å²) in [5, 5.41) is 43.6. The number of aliphatic hydroxyl groups excluding tert-OH is 1. The molecule has 3 atom stereocenters. The summed E-state index contributed by atoms with van der Waals surface area (Å²) in [6.07, 6.45) is 14.6. The lowest BCUT2D eigenvalue weighted by molar-refractivity contribution is -0.143. The molecule has 0 aliphatic heterocycles. The zero-order valence-electron chi connectivity index (χ0n) is 27.5. The summed E-state index contributed by atoms with van der Waals surface area (Å²) in [4.78, 5) is 81.9. The van der Waals surface area contributed by atoms with Crippen LogP contribution >= 0.6 is 0 Å². The first-order valence-electron chi connectivity index (χ1n) is 16.7. The van der Waals surface area contributed by atoms with E-state index in [-0.39, 0.29) is 38.5 Å². The van der Waals surface area contributed by atoms with E-state index in [1.807, 2.05) is 0 Å². The highest BCUT2D eigenvalue weighted by molar-refractivity contribution is 5.96. The quantitative estimate of drug-likeness (QED) is 0.0418. The summed E-state index contributed by atoms with van der Waals surface area (Å²) in [6.45, 7) is 2.60. The van der Waals surface area contributed by atoms with Crippen LogP contribution in [0.2, 0.25) is 0 Å². The molecule has 268 valence electrons. The highest BCUT2D eigenvalue weighted by Crippen LogP contribution is 2.14. The molecule has 0 aliphatic carbocycles. The molecule has 14 nitrogen and oxygen atoms in total. The molecule has 3 amide bonds. The largest absolute Gasteiger partial charge is 0.481 e. The van der Waals surface area contributed by atoms with Gasteiger partial charge in [0.25, 0.3) is 0 Å². The maximum absolute atomic E-state index is 12.3. The van der Waals surface area contributed by atoms with Gasteiger partial charge in [0.1, 0.15) is 18.1 Å². The molecule has 0 radical (unpaired) electrons. The van der Waals surface area contributed by atoms with E-state index in [4.69, 9.17) is 5.11 Å². The minimum absolute atomic E-state index is 0.158. The Labute approximate surface area is 277 Å². The van der Waals surface area contributed by atoms with Gasteiger partial charge in [0.05, 0.1) is 6.61 Å². The summed E-state index contributed by atoms with van der Waals surface area (Å²) >= 11 is 0. The predicted octanol–water partition coefficient (Wildman–Crippen LogP) is 3.24. The summed E-state index contributed by atoms with van der Waals surface area (Å²) in [7, 11) is 0. The average Bonchev–Trinajstić information content (AvgIpc) is 3.02. The molecule has 0 bridgehead atoms. The number of hydrogen-bond donors (Lipinski definition) is 7. The Bertz CT molecular complexity index is 1000. The molecule has 47 heavy (non-hydrogen) atoms. The Morgan fingerprint density at radius 2 is 0.809 bits per heavy atom. The topological polar surface area (TPSA) is 236 Å². The third-order valence-electron chi connectivity index (χ3n) is 7.69. The lowest BCUT2D eigenvalue weighted by atomic mass is 10.0. The molecule has 0 unspecified atom stereocenters. The van der Waals surface area contributed by atoms with Crippen molar-refractivity contribution in [3.8, 4) is 0 Å². The van der Waals surface area contributed by atoms with Crippen LogP contribution in [0.1, 0.15) is 128 Å². The molecule has 14 heteroatoms. The first kappa shape index (κ1) is 43.2. The van der Waals surface area contributed by atoms with Crippen LogP contribution in [-0.4, -0.2) is 86.6 Å². The second-order valence-corrected chi connectivity index (χ2v) is 11.7. The number of aliphatic carboxylic acids is 3. The summed E-state index contributed by atoms with van der Waals surface area (Å²) < 4.78 is 0. The molecule has 0 aromatic rings. The minimum atomic E-state index is -1.45. The Morgan fingerprint density at radius 3 is 1.13 bits per heavy atom. The van der Waals surface area contributed by atoms with E-state index in [0.717, 1.165) is 57.4 Å². The van der Waals surface area contributed by atoms with Crippen LogP contribution in [0, 0.1) is 0 Å². The maximum atomic E-state index is 12.3. The lowest BCUT2D eigenvalue weighted by Crippen LogP contribution is -2.45. The molecular formula is C33H55N3O11. The van der Waals surface area contributed by atoms with E-state index in [0.29, 0.717) is 6.42 Å². The standard InChI is InChI=1S/C33H55N3O11/c1-2-27(38)26(23-37)36-30(41)22-20-25(33(46)47)35-29(40)21-19-24(32(44)45)34-28(39)17-15-13-11-9-7-5-3-4-6-8-10-12-14-16-18-31(42)43/h2,24-26,37H,1,3-23H2,(H,34,39)(H,35,40)(H,36,41)(H,42,43)(H,44,45)(H,46,47)/t24-,25-,26-/m0/s1. The van der Waals surface area contributed by atoms with Gasteiger partial charge in [0.2, 0.25) is 17.7 Å². The highest BCUT2D eigenvalue weighted by Gasteiger charge is 2.25. The normalized spacial score (nSPS) is 12.7. The van der Waals surface area contributed by atoms with Gasteiger partial charge in [-0.2, -0.15) is 0 Å². The molecule has 0 fully saturated rings. The van der Waals surface area contributed by atoms with Gasteiger partial charge in [-0.1, -0.05) is 83.6 Å². The van der Waals surface area contributed by atoms with Crippen molar-refractivity contribution in [3.05, 3.63) is 12.7 Å². The summed E-state index contributed by atoms with van der Waals surface area (Å²) in [5.74, 6) is -5.99. The van der Waals surface area contributed by atoms with Crippen molar-refractivity contribution in [1.82, 2.24) is 16.0 Å². The molecule has 0 aliphatic rings. The van der Waals surface area contributed by atoms with Crippen molar-refractivity contribution in [2.75, 3.05) is 6.61 Å². The number of carboxylic acid groups (broad SMARTS) is 3. The lowest BCUT2D eigenvalue weighted by Gasteiger charge is -2.18. The van der Waals surface area contributed by atoms with E-state index < -0.39 is 66.1 Å². The van der Waals surface area contributed by atoms with Crippen LogP contribution in [0.4, 0.5) is 0 Å². The van der Waals surface area contributed by atoms with Crippen molar-refractivity contribution in [2.45, 2.75) is 147 Å². The van der Waals surface area contributed by atoms with E-state index in [9.17, 15) is 48.9 Å². The van der Waals surface area contributed by atoms with Crippen LogP contribution < -0.4 is 16.0 Å². The number of ketones is 1. The smallest absolute Gasteiger partial charge is 0.326 e. The van der Waals surface area contributed by atoms with Gasteiger partial charge in [-0.15, -0.1) is 0 Å². The Morgan fingerprint density at radius 1 is 0.489 bits per heavy atom. The molecule has 0 spiro atoms. The van der Waals surface area contributed by atoms with E-state index in [2.05, 4.69) is 22.5 Å². The second-order valence-electron chi connectivity index (χ2n) is 11.7. The Balaban J connectivity index is 4.15. The fourth-order valence-corrected chi connectivity index (χ4v) is 4.90. The molecular weight excluding hydrogens is 614 g/mol. The van der Waals surface area contributed by atoms with Crippen molar-refractivity contribution in [1.29, 1.82) is 0 Å². The monoisotopic (exact) mass is 669 g/mol. The Kier molecular flexibility index (Phi) is 25.1. The van der Waals surface area contributed by atoms with Crippen molar-refractivity contribution in [3.63, 3.8) is 0 Å².